The zero-order valence-corrected chi connectivity index (χ0v) is 12.5. The first-order valence-corrected chi connectivity index (χ1v) is 7.92. The standard InChI is InChI=1S/C14H22NO2P/c1-11(2)9-13(16)10-15-18(4)17-14-8-6-5-7-12(14)3/h5-8,11,15H,9-10H2,1-4H3. The minimum absolute atomic E-state index is 0.243. The van der Waals surface area contributed by atoms with Crippen molar-refractivity contribution < 1.29 is 9.32 Å². The van der Waals surface area contributed by atoms with E-state index in [0.717, 1.165) is 11.3 Å². The first-order chi connectivity index (χ1) is 8.49. The molecule has 1 N–H and O–H groups in total. The number of carbonyl (C=O) groups is 1. The lowest BCUT2D eigenvalue weighted by atomic mass is 10.1. The number of hydrogen-bond donors (Lipinski definition) is 1. The molecule has 4 heteroatoms. The third kappa shape index (κ3) is 5.61. The zero-order valence-electron chi connectivity index (χ0n) is 11.6. The lowest BCUT2D eigenvalue weighted by Gasteiger charge is -2.16. The SMILES string of the molecule is Cc1ccccc1OP(C)NCC(=O)CC(C)C. The summed E-state index contributed by atoms with van der Waals surface area (Å²) in [7, 11) is -0.801. The van der Waals surface area contributed by atoms with Crippen molar-refractivity contribution in [3.63, 3.8) is 0 Å². The van der Waals surface area contributed by atoms with E-state index in [1.54, 1.807) is 0 Å². The Morgan fingerprint density at radius 1 is 1.39 bits per heavy atom. The van der Waals surface area contributed by atoms with E-state index in [-0.39, 0.29) is 5.78 Å². The van der Waals surface area contributed by atoms with Gasteiger partial charge in [-0.1, -0.05) is 32.0 Å². The van der Waals surface area contributed by atoms with Gasteiger partial charge in [-0.3, -0.25) is 9.88 Å². The molecule has 0 spiro atoms. The molecule has 0 aromatic heterocycles. The molecule has 1 atom stereocenters. The summed E-state index contributed by atoms with van der Waals surface area (Å²) in [6, 6.07) is 7.91. The molecule has 0 saturated heterocycles. The van der Waals surface area contributed by atoms with E-state index < -0.39 is 8.30 Å². The highest BCUT2D eigenvalue weighted by Crippen LogP contribution is 2.31. The zero-order chi connectivity index (χ0) is 13.5. The molecule has 1 unspecified atom stereocenters. The Balaban J connectivity index is 2.36. The van der Waals surface area contributed by atoms with Gasteiger partial charge in [-0.15, -0.1) is 0 Å². The van der Waals surface area contributed by atoms with Crippen LogP contribution in [0.5, 0.6) is 5.75 Å². The van der Waals surface area contributed by atoms with Crippen LogP contribution in [0.3, 0.4) is 0 Å². The summed E-state index contributed by atoms with van der Waals surface area (Å²) in [5, 5.41) is 3.16. The van der Waals surface area contributed by atoms with Crippen molar-refractivity contribution in [2.24, 2.45) is 5.92 Å². The number of nitrogens with one attached hydrogen (secondary N) is 1. The van der Waals surface area contributed by atoms with Gasteiger partial charge < -0.3 is 4.52 Å². The maximum Gasteiger partial charge on any atom is 0.158 e. The molecule has 0 fully saturated rings. The van der Waals surface area contributed by atoms with E-state index in [9.17, 15) is 4.79 Å². The van der Waals surface area contributed by atoms with Gasteiger partial charge in [0.25, 0.3) is 0 Å². The molecule has 100 valence electrons. The maximum absolute atomic E-state index is 11.6. The number of para-hydroxylation sites is 1. The second-order valence-electron chi connectivity index (χ2n) is 4.83. The number of aryl methyl sites for hydroxylation is 1. The van der Waals surface area contributed by atoms with Crippen LogP contribution >= 0.6 is 8.30 Å². The molecule has 1 rings (SSSR count). The highest BCUT2D eigenvalue weighted by molar-refractivity contribution is 7.49. The summed E-state index contributed by atoms with van der Waals surface area (Å²) in [6.45, 7) is 8.49. The molecule has 1 aromatic carbocycles. The maximum atomic E-state index is 11.6. The molecule has 0 aliphatic rings. The fourth-order valence-corrected chi connectivity index (χ4v) is 2.53. The van der Waals surface area contributed by atoms with Crippen molar-refractivity contribution in [1.29, 1.82) is 0 Å². The van der Waals surface area contributed by atoms with Crippen LogP contribution in [0, 0.1) is 12.8 Å². The molecule has 18 heavy (non-hydrogen) atoms. The minimum Gasteiger partial charge on any atom is -0.458 e. The lowest BCUT2D eigenvalue weighted by molar-refractivity contribution is -0.118. The van der Waals surface area contributed by atoms with Crippen molar-refractivity contribution >= 4 is 14.1 Å². The van der Waals surface area contributed by atoms with Crippen LogP contribution in [-0.4, -0.2) is 19.0 Å². The van der Waals surface area contributed by atoms with Crippen molar-refractivity contribution in [3.05, 3.63) is 29.8 Å². The minimum atomic E-state index is -0.801. The predicted molar refractivity (Wildman–Crippen MR) is 77.1 cm³/mol. The summed E-state index contributed by atoms with van der Waals surface area (Å²) < 4.78 is 5.80. The van der Waals surface area contributed by atoms with Gasteiger partial charge in [0.05, 0.1) is 6.54 Å². The van der Waals surface area contributed by atoms with E-state index in [0.29, 0.717) is 18.9 Å². The molecule has 0 saturated carbocycles. The third-order valence-corrected chi connectivity index (χ3v) is 3.54. The van der Waals surface area contributed by atoms with Crippen molar-refractivity contribution in [2.45, 2.75) is 27.2 Å². The summed E-state index contributed by atoms with van der Waals surface area (Å²) in [5.41, 5.74) is 1.11. The van der Waals surface area contributed by atoms with Gasteiger partial charge in [0.2, 0.25) is 0 Å². The van der Waals surface area contributed by atoms with Gasteiger partial charge in [-0.05, 0) is 24.5 Å². The van der Waals surface area contributed by atoms with E-state index >= 15 is 0 Å². The highest BCUT2D eigenvalue weighted by Gasteiger charge is 2.09. The normalized spacial score (nSPS) is 12.5. The Kier molecular flexibility index (Phi) is 6.31. The van der Waals surface area contributed by atoms with Gasteiger partial charge in [0, 0.05) is 13.1 Å². The molecule has 0 amide bonds. The number of hydrogen-bond acceptors (Lipinski definition) is 3. The van der Waals surface area contributed by atoms with Crippen LogP contribution in [-0.2, 0) is 4.79 Å². The number of carbonyl (C=O) groups excluding carboxylic acids is 1. The number of Topliss-reactive ketones (excluding diaryl/α,β-unsaturated/α-hetero) is 1. The fourth-order valence-electron chi connectivity index (χ4n) is 1.57. The van der Waals surface area contributed by atoms with Crippen LogP contribution in [0.2, 0.25) is 0 Å². The average molecular weight is 267 g/mol. The Bertz CT molecular complexity index is 393. The molecular formula is C14H22NO2P. The summed E-state index contributed by atoms with van der Waals surface area (Å²) in [6.07, 6.45) is 0.626. The topological polar surface area (TPSA) is 38.3 Å². The van der Waals surface area contributed by atoms with Crippen LogP contribution in [0.25, 0.3) is 0 Å². The number of ketones is 1. The molecule has 0 aliphatic heterocycles. The first kappa shape index (κ1) is 15.1. The van der Waals surface area contributed by atoms with E-state index in [1.807, 2.05) is 37.9 Å². The molecule has 1 aromatic rings. The number of benzene rings is 1. The van der Waals surface area contributed by atoms with E-state index in [2.05, 4.69) is 18.9 Å². The van der Waals surface area contributed by atoms with Gasteiger partial charge in [0.1, 0.15) is 11.5 Å². The largest absolute Gasteiger partial charge is 0.458 e. The molecule has 0 bridgehead atoms. The first-order valence-electron chi connectivity index (χ1n) is 6.21. The predicted octanol–water partition coefficient (Wildman–Crippen LogP) is 3.52. The second kappa shape index (κ2) is 7.50. The smallest absolute Gasteiger partial charge is 0.158 e. The summed E-state index contributed by atoms with van der Waals surface area (Å²) in [5.74, 6) is 1.54. The van der Waals surface area contributed by atoms with Crippen LogP contribution < -0.4 is 9.61 Å². The molecule has 0 radical (unpaired) electrons. The Hall–Kier alpha value is -0.920. The quantitative estimate of drug-likeness (QED) is 0.768. The summed E-state index contributed by atoms with van der Waals surface area (Å²) in [4.78, 5) is 11.6. The van der Waals surface area contributed by atoms with Gasteiger partial charge in [0.15, 0.2) is 8.30 Å². The average Bonchev–Trinajstić information content (AvgIpc) is 2.29. The Morgan fingerprint density at radius 2 is 2.06 bits per heavy atom. The number of rotatable bonds is 7. The summed E-state index contributed by atoms with van der Waals surface area (Å²) >= 11 is 0. The van der Waals surface area contributed by atoms with Gasteiger partial charge in [-0.2, -0.15) is 0 Å². The third-order valence-electron chi connectivity index (χ3n) is 2.46. The van der Waals surface area contributed by atoms with Crippen LogP contribution in [0.1, 0.15) is 25.8 Å². The second-order valence-corrected chi connectivity index (χ2v) is 6.32. The lowest BCUT2D eigenvalue weighted by Crippen LogP contribution is -2.21. The molecular weight excluding hydrogens is 245 g/mol. The van der Waals surface area contributed by atoms with Crippen molar-refractivity contribution in [3.8, 4) is 5.75 Å². The van der Waals surface area contributed by atoms with Crippen molar-refractivity contribution in [2.75, 3.05) is 13.2 Å². The van der Waals surface area contributed by atoms with Crippen molar-refractivity contribution in [1.82, 2.24) is 5.09 Å². The Labute approximate surface area is 111 Å². The molecule has 3 nitrogen and oxygen atoms in total. The Morgan fingerprint density at radius 3 is 2.67 bits per heavy atom. The van der Waals surface area contributed by atoms with Crippen LogP contribution in [0.4, 0.5) is 0 Å². The fraction of sp³-hybridized carbons (Fsp3) is 0.500. The van der Waals surface area contributed by atoms with Crippen LogP contribution in [0.15, 0.2) is 24.3 Å². The highest BCUT2D eigenvalue weighted by atomic mass is 31.2. The monoisotopic (exact) mass is 267 g/mol. The van der Waals surface area contributed by atoms with Gasteiger partial charge in [-0.25, -0.2) is 0 Å². The van der Waals surface area contributed by atoms with E-state index in [4.69, 9.17) is 4.52 Å². The van der Waals surface area contributed by atoms with E-state index in [1.165, 1.54) is 0 Å². The molecule has 0 aliphatic carbocycles. The van der Waals surface area contributed by atoms with Gasteiger partial charge >= 0.3 is 0 Å². The molecule has 0 heterocycles.